The lowest BCUT2D eigenvalue weighted by molar-refractivity contribution is -0.130. The highest BCUT2D eigenvalue weighted by Crippen LogP contribution is 2.33. The fraction of sp³-hybridized carbons (Fsp3) is 0.176. The average molecular weight is 392 g/mol. The van der Waals surface area contributed by atoms with E-state index in [1.54, 1.807) is 30.5 Å². The van der Waals surface area contributed by atoms with Crippen molar-refractivity contribution < 1.29 is 19.1 Å². The van der Waals surface area contributed by atoms with Gasteiger partial charge in [-0.3, -0.25) is 9.69 Å². The van der Waals surface area contributed by atoms with Crippen molar-refractivity contribution >= 4 is 41.3 Å². The zero-order valence-corrected chi connectivity index (χ0v) is 15.0. The van der Waals surface area contributed by atoms with Gasteiger partial charge in [0, 0.05) is 24.2 Å². The second kappa shape index (κ2) is 8.20. The molecule has 0 bridgehead atoms. The number of hydrogen-bond donors (Lipinski definition) is 1. The molecule has 9 heteroatoms. The maximum atomic E-state index is 12.4. The van der Waals surface area contributed by atoms with Crippen LogP contribution in [-0.4, -0.2) is 47.5 Å². The van der Waals surface area contributed by atoms with E-state index in [1.807, 2.05) is 12.1 Å². The average Bonchev–Trinajstić information content (AvgIpc) is 3.08. The van der Waals surface area contributed by atoms with Crippen LogP contribution in [0.2, 0.25) is 5.02 Å². The summed E-state index contributed by atoms with van der Waals surface area (Å²) in [6.07, 6.45) is 1.55. The van der Waals surface area contributed by atoms with E-state index in [2.05, 4.69) is 10.3 Å². The van der Waals surface area contributed by atoms with E-state index < -0.39 is 24.5 Å². The van der Waals surface area contributed by atoms with Gasteiger partial charge in [0.25, 0.3) is 5.91 Å². The third-order valence-corrected chi connectivity index (χ3v) is 5.06. The highest BCUT2D eigenvalue weighted by Gasteiger charge is 2.27. The SMILES string of the molecule is O=C(OCC(=O)N1CCNC1=O)c1cccnc1Sc1ccccc1Cl. The maximum Gasteiger partial charge on any atom is 0.341 e. The van der Waals surface area contributed by atoms with Crippen LogP contribution in [0.15, 0.2) is 52.5 Å². The van der Waals surface area contributed by atoms with Crippen LogP contribution in [0.5, 0.6) is 0 Å². The van der Waals surface area contributed by atoms with Crippen LogP contribution in [0.3, 0.4) is 0 Å². The largest absolute Gasteiger partial charge is 0.452 e. The quantitative estimate of drug-likeness (QED) is 0.788. The molecule has 0 radical (unpaired) electrons. The Morgan fingerprint density at radius 2 is 2.08 bits per heavy atom. The van der Waals surface area contributed by atoms with E-state index in [0.717, 1.165) is 9.80 Å². The van der Waals surface area contributed by atoms with Gasteiger partial charge in [-0.1, -0.05) is 35.5 Å². The predicted octanol–water partition coefficient (Wildman–Crippen LogP) is 2.59. The van der Waals surface area contributed by atoms with Gasteiger partial charge in [-0.2, -0.15) is 0 Å². The molecule has 0 atom stereocenters. The van der Waals surface area contributed by atoms with Gasteiger partial charge in [0.15, 0.2) is 6.61 Å². The number of carbonyl (C=O) groups excluding carboxylic acids is 3. The summed E-state index contributed by atoms with van der Waals surface area (Å²) < 4.78 is 5.06. The second-order valence-electron chi connectivity index (χ2n) is 5.24. The van der Waals surface area contributed by atoms with Crippen LogP contribution in [0.1, 0.15) is 10.4 Å². The third-order valence-electron chi connectivity index (χ3n) is 3.52. The molecule has 1 aromatic heterocycles. The van der Waals surface area contributed by atoms with Gasteiger partial charge in [0.2, 0.25) is 0 Å². The van der Waals surface area contributed by atoms with E-state index >= 15 is 0 Å². The third kappa shape index (κ3) is 4.14. The van der Waals surface area contributed by atoms with Crippen molar-refractivity contribution in [2.75, 3.05) is 19.7 Å². The molecule has 1 aliphatic heterocycles. The molecule has 3 rings (SSSR count). The molecule has 7 nitrogen and oxygen atoms in total. The summed E-state index contributed by atoms with van der Waals surface area (Å²) in [7, 11) is 0. The van der Waals surface area contributed by atoms with Crippen LogP contribution in [0, 0.1) is 0 Å². The molecule has 0 unspecified atom stereocenters. The van der Waals surface area contributed by atoms with E-state index in [1.165, 1.54) is 11.8 Å². The summed E-state index contributed by atoms with van der Waals surface area (Å²) in [6.45, 7) is 0.132. The summed E-state index contributed by atoms with van der Waals surface area (Å²) in [6, 6.07) is 9.86. The molecule has 1 aliphatic rings. The molecule has 1 fully saturated rings. The molecule has 0 spiro atoms. The van der Waals surface area contributed by atoms with Gasteiger partial charge in [-0.15, -0.1) is 0 Å². The zero-order chi connectivity index (χ0) is 18.5. The van der Waals surface area contributed by atoms with Crippen LogP contribution in [-0.2, 0) is 9.53 Å². The van der Waals surface area contributed by atoms with Gasteiger partial charge in [-0.25, -0.2) is 14.6 Å². The first-order valence-electron chi connectivity index (χ1n) is 7.69. The first-order valence-corrected chi connectivity index (χ1v) is 8.88. The fourth-order valence-electron chi connectivity index (χ4n) is 2.25. The number of halogens is 1. The molecule has 2 heterocycles. The van der Waals surface area contributed by atoms with Crippen LogP contribution >= 0.6 is 23.4 Å². The Hall–Kier alpha value is -2.58. The van der Waals surface area contributed by atoms with Gasteiger partial charge < -0.3 is 10.1 Å². The van der Waals surface area contributed by atoms with Gasteiger partial charge in [-0.05, 0) is 24.3 Å². The molecule has 1 aromatic carbocycles. The van der Waals surface area contributed by atoms with Crippen molar-refractivity contribution in [3.8, 4) is 0 Å². The number of aromatic nitrogens is 1. The molecule has 134 valence electrons. The van der Waals surface area contributed by atoms with Crippen molar-refractivity contribution in [2.24, 2.45) is 0 Å². The minimum atomic E-state index is -0.694. The Balaban J connectivity index is 1.69. The number of imide groups is 1. The molecule has 26 heavy (non-hydrogen) atoms. The Morgan fingerprint density at radius 1 is 1.27 bits per heavy atom. The molecular weight excluding hydrogens is 378 g/mol. The lowest BCUT2D eigenvalue weighted by Crippen LogP contribution is -2.37. The van der Waals surface area contributed by atoms with Crippen molar-refractivity contribution in [3.05, 3.63) is 53.2 Å². The second-order valence-corrected chi connectivity index (χ2v) is 6.68. The predicted molar refractivity (Wildman–Crippen MR) is 95.2 cm³/mol. The summed E-state index contributed by atoms with van der Waals surface area (Å²) in [5, 5.41) is 3.46. The Morgan fingerprint density at radius 3 is 2.81 bits per heavy atom. The number of nitrogens with zero attached hydrogens (tertiary/aromatic N) is 2. The van der Waals surface area contributed by atoms with Crippen molar-refractivity contribution in [1.29, 1.82) is 0 Å². The topological polar surface area (TPSA) is 88.6 Å². The van der Waals surface area contributed by atoms with E-state index in [-0.39, 0.29) is 12.1 Å². The van der Waals surface area contributed by atoms with Crippen LogP contribution < -0.4 is 5.32 Å². The van der Waals surface area contributed by atoms with Gasteiger partial charge >= 0.3 is 12.0 Å². The summed E-state index contributed by atoms with van der Waals surface area (Å²) in [5.74, 6) is -1.27. The minimum absolute atomic E-state index is 0.219. The smallest absolute Gasteiger partial charge is 0.341 e. The van der Waals surface area contributed by atoms with Crippen LogP contribution in [0.4, 0.5) is 4.79 Å². The molecule has 1 saturated heterocycles. The maximum absolute atomic E-state index is 12.4. The number of pyridine rings is 1. The standard InChI is InChI=1S/C17H14ClN3O4S/c18-12-5-1-2-6-13(12)26-15-11(4-3-7-19-15)16(23)25-10-14(22)21-9-8-20-17(21)24/h1-7H,8-10H2,(H,20,24). The highest BCUT2D eigenvalue weighted by atomic mass is 35.5. The van der Waals surface area contributed by atoms with Gasteiger partial charge in [0.05, 0.1) is 10.6 Å². The molecule has 1 N–H and O–H groups in total. The Kier molecular flexibility index (Phi) is 5.75. The highest BCUT2D eigenvalue weighted by molar-refractivity contribution is 7.99. The lowest BCUT2D eigenvalue weighted by atomic mass is 10.3. The number of benzene rings is 1. The number of rotatable bonds is 5. The number of hydrogen-bond acceptors (Lipinski definition) is 6. The van der Waals surface area contributed by atoms with E-state index in [9.17, 15) is 14.4 Å². The summed E-state index contributed by atoms with van der Waals surface area (Å²) in [5.41, 5.74) is 0.219. The normalized spacial score (nSPS) is 13.4. The molecule has 0 saturated carbocycles. The monoisotopic (exact) mass is 391 g/mol. The molecule has 0 aliphatic carbocycles. The minimum Gasteiger partial charge on any atom is -0.452 e. The fourth-order valence-corrected chi connectivity index (χ4v) is 3.40. The van der Waals surface area contributed by atoms with Crippen molar-refractivity contribution in [3.63, 3.8) is 0 Å². The first kappa shape index (κ1) is 18.2. The van der Waals surface area contributed by atoms with Crippen molar-refractivity contribution in [1.82, 2.24) is 15.2 Å². The number of urea groups is 1. The molecule has 2 aromatic rings. The number of nitrogens with one attached hydrogen (secondary N) is 1. The summed E-state index contributed by atoms with van der Waals surface area (Å²) >= 11 is 7.37. The summed E-state index contributed by atoms with van der Waals surface area (Å²) in [4.78, 5) is 41.7. The van der Waals surface area contributed by atoms with E-state index in [4.69, 9.17) is 16.3 Å². The Bertz CT molecular complexity index is 861. The van der Waals surface area contributed by atoms with E-state index in [0.29, 0.717) is 16.6 Å². The lowest BCUT2D eigenvalue weighted by Gasteiger charge is -2.13. The number of ether oxygens (including phenoxy) is 1. The van der Waals surface area contributed by atoms with Crippen LogP contribution in [0.25, 0.3) is 0 Å². The van der Waals surface area contributed by atoms with Crippen molar-refractivity contribution in [2.45, 2.75) is 9.92 Å². The number of amides is 3. The zero-order valence-electron chi connectivity index (χ0n) is 13.5. The Labute approximate surface area is 158 Å². The molecule has 3 amide bonds. The number of esters is 1. The van der Waals surface area contributed by atoms with Gasteiger partial charge in [0.1, 0.15) is 5.03 Å². The molecular formula is C17H14ClN3O4S. The first-order chi connectivity index (χ1) is 12.6. The number of carbonyl (C=O) groups is 3.